The molecule has 0 unspecified atom stereocenters. The number of alkyl halides is 1. The zero-order chi connectivity index (χ0) is 22.1. The average molecular weight is 447 g/mol. The third-order valence-electron chi connectivity index (χ3n) is 5.31. The van der Waals surface area contributed by atoms with Crippen molar-refractivity contribution in [1.29, 1.82) is 0 Å². The standard InChI is InChI=1S/C25H47ClO4/c1-2-3-4-12-17-22-29-24(27)19-14-9-5-6-10-15-20-25(28)30-23-18-13-8-7-11-16-21-26/h2-23H2,1H3. The maximum atomic E-state index is 11.7. The van der Waals surface area contributed by atoms with Gasteiger partial charge in [0.1, 0.15) is 0 Å². The van der Waals surface area contributed by atoms with Crippen molar-refractivity contribution in [3.8, 4) is 0 Å². The van der Waals surface area contributed by atoms with Crippen molar-refractivity contribution in [3.63, 3.8) is 0 Å². The molecule has 0 aliphatic heterocycles. The van der Waals surface area contributed by atoms with Gasteiger partial charge in [0, 0.05) is 18.7 Å². The molecular weight excluding hydrogens is 400 g/mol. The lowest BCUT2D eigenvalue weighted by Crippen LogP contribution is -2.06. The van der Waals surface area contributed by atoms with Gasteiger partial charge in [0.05, 0.1) is 13.2 Å². The van der Waals surface area contributed by atoms with Crippen LogP contribution in [0.25, 0.3) is 0 Å². The minimum absolute atomic E-state index is 0.0523. The highest BCUT2D eigenvalue weighted by molar-refractivity contribution is 6.17. The predicted molar refractivity (Wildman–Crippen MR) is 126 cm³/mol. The number of rotatable bonds is 23. The van der Waals surface area contributed by atoms with E-state index in [4.69, 9.17) is 21.1 Å². The quantitative estimate of drug-likeness (QED) is 0.0914. The van der Waals surface area contributed by atoms with Crippen molar-refractivity contribution in [2.45, 2.75) is 129 Å². The van der Waals surface area contributed by atoms with Crippen molar-refractivity contribution in [2.24, 2.45) is 0 Å². The number of unbranched alkanes of at least 4 members (excludes halogenated alkanes) is 14. The van der Waals surface area contributed by atoms with Gasteiger partial charge in [-0.3, -0.25) is 9.59 Å². The Morgan fingerprint density at radius 3 is 1.33 bits per heavy atom. The van der Waals surface area contributed by atoms with Crippen molar-refractivity contribution >= 4 is 23.5 Å². The molecule has 0 fully saturated rings. The fraction of sp³-hybridized carbons (Fsp3) is 0.920. The summed E-state index contributed by atoms with van der Waals surface area (Å²) in [7, 11) is 0. The van der Waals surface area contributed by atoms with E-state index < -0.39 is 0 Å². The molecule has 0 aliphatic rings. The molecule has 0 heterocycles. The number of halogens is 1. The highest BCUT2D eigenvalue weighted by atomic mass is 35.5. The van der Waals surface area contributed by atoms with E-state index in [1.54, 1.807) is 0 Å². The highest BCUT2D eigenvalue weighted by Crippen LogP contribution is 2.11. The van der Waals surface area contributed by atoms with E-state index in [0.717, 1.165) is 76.5 Å². The summed E-state index contributed by atoms with van der Waals surface area (Å²) >= 11 is 5.65. The van der Waals surface area contributed by atoms with Gasteiger partial charge in [-0.1, -0.05) is 84.0 Å². The van der Waals surface area contributed by atoms with Crippen LogP contribution in [0, 0.1) is 0 Å². The zero-order valence-corrected chi connectivity index (χ0v) is 20.3. The van der Waals surface area contributed by atoms with E-state index in [2.05, 4.69) is 6.92 Å². The molecule has 5 heteroatoms. The van der Waals surface area contributed by atoms with Gasteiger partial charge in [0.15, 0.2) is 0 Å². The molecule has 0 spiro atoms. The molecule has 0 saturated heterocycles. The first-order valence-corrected chi connectivity index (χ1v) is 13.1. The molecule has 0 N–H and O–H groups in total. The van der Waals surface area contributed by atoms with E-state index in [1.165, 1.54) is 38.5 Å². The van der Waals surface area contributed by atoms with Crippen LogP contribution in [0.4, 0.5) is 0 Å². The second-order valence-electron chi connectivity index (χ2n) is 8.29. The summed E-state index contributed by atoms with van der Waals surface area (Å²) in [5, 5.41) is 0. The summed E-state index contributed by atoms with van der Waals surface area (Å²) in [5.41, 5.74) is 0. The lowest BCUT2D eigenvalue weighted by atomic mass is 10.1. The molecule has 0 saturated carbocycles. The summed E-state index contributed by atoms with van der Waals surface area (Å²) < 4.78 is 10.6. The SMILES string of the molecule is CCCCCCCOC(=O)CCCCCCCCC(=O)OCCCCCCCCCl. The predicted octanol–water partition coefficient (Wildman–Crippen LogP) is 7.74. The second-order valence-corrected chi connectivity index (χ2v) is 8.66. The first kappa shape index (κ1) is 29.2. The normalized spacial score (nSPS) is 10.9. The molecule has 0 radical (unpaired) electrons. The van der Waals surface area contributed by atoms with Crippen LogP contribution in [0.2, 0.25) is 0 Å². The third kappa shape index (κ3) is 23.5. The van der Waals surface area contributed by atoms with E-state index in [9.17, 15) is 9.59 Å². The lowest BCUT2D eigenvalue weighted by Gasteiger charge is -2.06. The van der Waals surface area contributed by atoms with Crippen LogP contribution in [-0.2, 0) is 19.1 Å². The van der Waals surface area contributed by atoms with Crippen molar-refractivity contribution in [2.75, 3.05) is 19.1 Å². The molecule has 0 bridgehead atoms. The van der Waals surface area contributed by atoms with Crippen LogP contribution < -0.4 is 0 Å². The number of ether oxygens (including phenoxy) is 2. The van der Waals surface area contributed by atoms with Gasteiger partial charge in [0.2, 0.25) is 0 Å². The average Bonchev–Trinajstić information content (AvgIpc) is 2.74. The van der Waals surface area contributed by atoms with Gasteiger partial charge in [-0.15, -0.1) is 11.6 Å². The van der Waals surface area contributed by atoms with Gasteiger partial charge in [0.25, 0.3) is 0 Å². The first-order valence-electron chi connectivity index (χ1n) is 12.6. The van der Waals surface area contributed by atoms with Crippen LogP contribution in [-0.4, -0.2) is 31.0 Å². The van der Waals surface area contributed by atoms with Crippen molar-refractivity contribution in [1.82, 2.24) is 0 Å². The van der Waals surface area contributed by atoms with Gasteiger partial charge in [-0.05, 0) is 32.1 Å². The summed E-state index contributed by atoms with van der Waals surface area (Å²) in [5.74, 6) is 0.643. The highest BCUT2D eigenvalue weighted by Gasteiger charge is 2.04. The number of hydrogen-bond donors (Lipinski definition) is 0. The molecule has 0 aromatic heterocycles. The molecule has 0 rings (SSSR count). The molecule has 0 aromatic rings. The van der Waals surface area contributed by atoms with Crippen LogP contribution >= 0.6 is 11.6 Å². The maximum Gasteiger partial charge on any atom is 0.305 e. The van der Waals surface area contributed by atoms with Crippen LogP contribution in [0.5, 0.6) is 0 Å². The summed E-state index contributed by atoms with van der Waals surface area (Å²) in [6.45, 7) is 3.33. The Hall–Kier alpha value is -0.770. The van der Waals surface area contributed by atoms with Crippen LogP contribution in [0.15, 0.2) is 0 Å². The zero-order valence-electron chi connectivity index (χ0n) is 19.6. The molecule has 0 aliphatic carbocycles. The summed E-state index contributed by atoms with van der Waals surface area (Å²) in [4.78, 5) is 23.3. The Kier molecular flexibility index (Phi) is 23.9. The summed E-state index contributed by atoms with van der Waals surface area (Å²) in [6.07, 6.45) is 19.9. The monoisotopic (exact) mass is 446 g/mol. The lowest BCUT2D eigenvalue weighted by molar-refractivity contribution is -0.144. The van der Waals surface area contributed by atoms with Crippen LogP contribution in [0.3, 0.4) is 0 Å². The fourth-order valence-electron chi connectivity index (χ4n) is 3.37. The molecule has 4 nitrogen and oxygen atoms in total. The van der Waals surface area contributed by atoms with Crippen molar-refractivity contribution < 1.29 is 19.1 Å². The fourth-order valence-corrected chi connectivity index (χ4v) is 3.56. The number of esters is 2. The number of carbonyl (C=O) groups is 2. The van der Waals surface area contributed by atoms with E-state index in [1.807, 2.05) is 0 Å². The Morgan fingerprint density at radius 2 is 0.900 bits per heavy atom. The molecule has 0 aromatic carbocycles. The number of carbonyl (C=O) groups excluding carboxylic acids is 2. The molecule has 0 atom stereocenters. The number of hydrogen-bond acceptors (Lipinski definition) is 4. The molecule has 178 valence electrons. The Balaban J connectivity index is 3.25. The Bertz CT molecular complexity index is 387. The van der Waals surface area contributed by atoms with Crippen molar-refractivity contribution in [3.05, 3.63) is 0 Å². The van der Waals surface area contributed by atoms with Gasteiger partial charge in [-0.25, -0.2) is 0 Å². The van der Waals surface area contributed by atoms with E-state index in [-0.39, 0.29) is 11.9 Å². The third-order valence-corrected chi connectivity index (χ3v) is 5.58. The molecular formula is C25H47ClO4. The Morgan fingerprint density at radius 1 is 0.533 bits per heavy atom. The molecule has 30 heavy (non-hydrogen) atoms. The van der Waals surface area contributed by atoms with Gasteiger partial charge >= 0.3 is 11.9 Å². The first-order chi connectivity index (χ1) is 14.7. The Labute approximate surface area is 190 Å². The van der Waals surface area contributed by atoms with Crippen LogP contribution in [0.1, 0.15) is 129 Å². The summed E-state index contributed by atoms with van der Waals surface area (Å²) in [6, 6.07) is 0. The smallest absolute Gasteiger partial charge is 0.305 e. The van der Waals surface area contributed by atoms with E-state index >= 15 is 0 Å². The molecule has 0 amide bonds. The van der Waals surface area contributed by atoms with E-state index in [0.29, 0.717) is 26.1 Å². The largest absolute Gasteiger partial charge is 0.466 e. The second kappa shape index (κ2) is 24.5. The maximum absolute atomic E-state index is 11.7. The minimum Gasteiger partial charge on any atom is -0.466 e. The minimum atomic E-state index is -0.0606. The van der Waals surface area contributed by atoms with Gasteiger partial charge < -0.3 is 9.47 Å². The van der Waals surface area contributed by atoms with Gasteiger partial charge in [-0.2, -0.15) is 0 Å². The topological polar surface area (TPSA) is 52.6 Å².